The highest BCUT2D eigenvalue weighted by Crippen LogP contribution is 2.32. The fourth-order valence-corrected chi connectivity index (χ4v) is 4.41. The van der Waals surface area contributed by atoms with Crippen molar-refractivity contribution in [1.82, 2.24) is 34.3 Å². The van der Waals surface area contributed by atoms with Crippen LogP contribution < -0.4 is 10.1 Å². The van der Waals surface area contributed by atoms with Gasteiger partial charge in [0.05, 0.1) is 17.8 Å². The third-order valence-corrected chi connectivity index (χ3v) is 6.22. The number of hydrogen-bond donors (Lipinski definition) is 2. The maximum Gasteiger partial charge on any atom is 0.433 e. The largest absolute Gasteiger partial charge is 0.488 e. The molecule has 0 aromatic carbocycles. The monoisotopic (exact) mass is 516 g/mol. The number of fused-ring (bicyclic) bond motifs is 1. The Hall–Kier alpha value is -3.71. The first-order chi connectivity index (χ1) is 17.6. The molecule has 0 aliphatic carbocycles. The summed E-state index contributed by atoms with van der Waals surface area (Å²) in [6.45, 7) is 5.23. The zero-order valence-electron chi connectivity index (χ0n) is 20.6. The van der Waals surface area contributed by atoms with Gasteiger partial charge in [0.15, 0.2) is 11.6 Å². The molecule has 10 nitrogen and oxygen atoms in total. The van der Waals surface area contributed by atoms with Crippen LogP contribution in [0.25, 0.3) is 16.8 Å². The van der Waals surface area contributed by atoms with Crippen LogP contribution >= 0.6 is 0 Å². The number of nitrogens with zero attached hydrogens (tertiary/aromatic N) is 7. The highest BCUT2D eigenvalue weighted by Gasteiger charge is 2.33. The van der Waals surface area contributed by atoms with Gasteiger partial charge in [-0.1, -0.05) is 0 Å². The second kappa shape index (κ2) is 9.63. The molecule has 13 heteroatoms. The van der Waals surface area contributed by atoms with Gasteiger partial charge in [-0.05, 0) is 32.4 Å². The lowest BCUT2D eigenvalue weighted by molar-refractivity contribution is -0.141. The lowest BCUT2D eigenvalue weighted by atomic mass is 10.0. The molecule has 2 N–H and O–H groups in total. The van der Waals surface area contributed by atoms with Crippen molar-refractivity contribution >= 4 is 17.2 Å². The summed E-state index contributed by atoms with van der Waals surface area (Å²) in [5.74, 6) is 0.993. The molecule has 5 heterocycles. The second-order valence-corrected chi connectivity index (χ2v) is 9.20. The van der Waals surface area contributed by atoms with Gasteiger partial charge in [0, 0.05) is 50.1 Å². The van der Waals surface area contributed by atoms with E-state index in [0.29, 0.717) is 24.7 Å². The number of ether oxygens (including phenoxy) is 1. The van der Waals surface area contributed by atoms with Crippen molar-refractivity contribution in [2.24, 2.45) is 7.05 Å². The number of halogens is 3. The number of nitrogens with one attached hydrogen (secondary N) is 1. The zero-order chi connectivity index (χ0) is 26.3. The summed E-state index contributed by atoms with van der Waals surface area (Å²) >= 11 is 0. The second-order valence-electron chi connectivity index (χ2n) is 9.20. The minimum atomic E-state index is -4.57. The predicted octanol–water partition coefficient (Wildman–Crippen LogP) is 3.43. The van der Waals surface area contributed by atoms with Crippen molar-refractivity contribution in [2.45, 2.75) is 38.6 Å². The number of pyridine rings is 1. The summed E-state index contributed by atoms with van der Waals surface area (Å²) in [7, 11) is 1.83. The summed E-state index contributed by atoms with van der Waals surface area (Å²) in [6, 6.07) is 6.58. The standard InChI is InChI=1S/C24H27F3N8O2/c1-14(36)12-34-6-5-17(34)13-37-19-11-28-33(3)23(19)16-4-7-35-18(8-16)9-22(32-35)31-21-10-20(24(25,26)27)29-15(2)30-21/h4,7-11,14,17,36H,5-6,12-13H2,1-3H3,(H,29,30,31,32)/t14-,17+/m0/s1. The topological polar surface area (TPSA) is 106 Å². The van der Waals surface area contributed by atoms with Crippen molar-refractivity contribution in [3.05, 3.63) is 48.2 Å². The van der Waals surface area contributed by atoms with Crippen LogP contribution in [0.4, 0.5) is 24.8 Å². The van der Waals surface area contributed by atoms with Gasteiger partial charge in [0.1, 0.15) is 29.6 Å². The number of aromatic nitrogens is 6. The Morgan fingerprint density at radius 3 is 2.73 bits per heavy atom. The number of alkyl halides is 3. The molecule has 0 radical (unpaired) electrons. The summed E-state index contributed by atoms with van der Waals surface area (Å²) in [5.41, 5.74) is 1.34. The molecule has 0 bridgehead atoms. The summed E-state index contributed by atoms with van der Waals surface area (Å²) < 4.78 is 48.8. The van der Waals surface area contributed by atoms with Crippen molar-refractivity contribution in [3.63, 3.8) is 0 Å². The molecule has 0 spiro atoms. The van der Waals surface area contributed by atoms with Gasteiger partial charge in [-0.25, -0.2) is 14.5 Å². The van der Waals surface area contributed by atoms with E-state index in [9.17, 15) is 18.3 Å². The molecule has 2 atom stereocenters. The van der Waals surface area contributed by atoms with Crippen molar-refractivity contribution in [3.8, 4) is 17.0 Å². The molecule has 1 saturated heterocycles. The van der Waals surface area contributed by atoms with Crippen LogP contribution in [0.5, 0.6) is 5.75 Å². The summed E-state index contributed by atoms with van der Waals surface area (Å²) in [4.78, 5) is 9.71. The van der Waals surface area contributed by atoms with E-state index in [2.05, 4.69) is 30.4 Å². The molecular weight excluding hydrogens is 489 g/mol. The van der Waals surface area contributed by atoms with Gasteiger partial charge in [-0.15, -0.1) is 0 Å². The molecule has 0 saturated carbocycles. The Balaban J connectivity index is 1.35. The Bertz CT molecular complexity index is 1420. The minimum absolute atomic E-state index is 0.00278. The first-order valence-electron chi connectivity index (χ1n) is 11.8. The first kappa shape index (κ1) is 25.0. The quantitative estimate of drug-likeness (QED) is 0.367. The Kier molecular flexibility index (Phi) is 6.50. The Morgan fingerprint density at radius 2 is 2.03 bits per heavy atom. The maximum absolute atomic E-state index is 13.1. The number of aliphatic hydroxyl groups excluding tert-OH is 1. The predicted molar refractivity (Wildman–Crippen MR) is 130 cm³/mol. The molecule has 1 fully saturated rings. The van der Waals surface area contributed by atoms with Gasteiger partial charge in [0.2, 0.25) is 0 Å². The van der Waals surface area contributed by atoms with Crippen molar-refractivity contribution in [2.75, 3.05) is 25.0 Å². The average Bonchev–Trinajstić information content (AvgIpc) is 3.37. The van der Waals surface area contributed by atoms with Gasteiger partial charge in [-0.3, -0.25) is 9.58 Å². The average molecular weight is 517 g/mol. The van der Waals surface area contributed by atoms with Crippen molar-refractivity contribution < 1.29 is 23.0 Å². The van der Waals surface area contributed by atoms with Crippen LogP contribution in [0.3, 0.4) is 0 Å². The van der Waals surface area contributed by atoms with Crippen LogP contribution in [-0.4, -0.2) is 71.2 Å². The van der Waals surface area contributed by atoms with E-state index >= 15 is 0 Å². The molecule has 4 aromatic heterocycles. The van der Waals surface area contributed by atoms with E-state index in [-0.39, 0.29) is 23.8 Å². The molecular formula is C24H27F3N8O2. The van der Waals surface area contributed by atoms with E-state index in [4.69, 9.17) is 4.74 Å². The highest BCUT2D eigenvalue weighted by atomic mass is 19.4. The number of aliphatic hydroxyl groups is 1. The molecule has 0 unspecified atom stereocenters. The zero-order valence-corrected chi connectivity index (χ0v) is 20.6. The normalized spacial score (nSPS) is 17.1. The van der Waals surface area contributed by atoms with E-state index in [1.54, 1.807) is 34.6 Å². The number of likely N-dealkylation sites (tertiary alicyclic amines) is 1. The molecule has 1 aliphatic heterocycles. The van der Waals surface area contributed by atoms with Crippen LogP contribution in [-0.2, 0) is 13.2 Å². The highest BCUT2D eigenvalue weighted by molar-refractivity contribution is 5.72. The Morgan fingerprint density at radius 1 is 1.22 bits per heavy atom. The summed E-state index contributed by atoms with van der Waals surface area (Å²) in [6.07, 6.45) is -0.514. The maximum atomic E-state index is 13.1. The van der Waals surface area contributed by atoms with Crippen LogP contribution in [0.2, 0.25) is 0 Å². The van der Waals surface area contributed by atoms with E-state index in [0.717, 1.165) is 35.8 Å². The SMILES string of the molecule is Cc1nc(Nc2cc3cc(-c4c(OC[C@H]5CCN5C[C@H](C)O)cnn4C)ccn3n2)cc(C(F)(F)F)n1. The van der Waals surface area contributed by atoms with Crippen LogP contribution in [0, 0.1) is 6.92 Å². The number of rotatable bonds is 8. The fourth-order valence-electron chi connectivity index (χ4n) is 4.41. The number of hydrogen-bond acceptors (Lipinski definition) is 8. The van der Waals surface area contributed by atoms with Crippen LogP contribution in [0.15, 0.2) is 36.7 Å². The molecule has 5 rings (SSSR count). The van der Waals surface area contributed by atoms with Crippen LogP contribution in [0.1, 0.15) is 24.9 Å². The number of aryl methyl sites for hydroxylation is 2. The smallest absolute Gasteiger partial charge is 0.433 e. The van der Waals surface area contributed by atoms with E-state index < -0.39 is 11.9 Å². The molecule has 4 aromatic rings. The van der Waals surface area contributed by atoms with Gasteiger partial charge < -0.3 is 15.2 Å². The lowest BCUT2D eigenvalue weighted by Gasteiger charge is -2.41. The number of β-amino-alcohol motifs (C(OH)–C–C–N with tert-alkyl or cyclic N) is 1. The van der Waals surface area contributed by atoms with E-state index in [1.165, 1.54) is 6.92 Å². The first-order valence-corrected chi connectivity index (χ1v) is 11.8. The summed E-state index contributed by atoms with van der Waals surface area (Å²) in [5, 5.41) is 21.2. The van der Waals surface area contributed by atoms with Crippen molar-refractivity contribution in [1.29, 1.82) is 0 Å². The molecule has 0 amide bonds. The third-order valence-electron chi connectivity index (χ3n) is 6.22. The molecule has 196 valence electrons. The van der Waals surface area contributed by atoms with Gasteiger partial charge >= 0.3 is 6.18 Å². The lowest BCUT2D eigenvalue weighted by Crippen LogP contribution is -2.53. The number of anilines is 2. The van der Waals surface area contributed by atoms with Gasteiger partial charge in [-0.2, -0.15) is 23.4 Å². The molecule has 37 heavy (non-hydrogen) atoms. The van der Waals surface area contributed by atoms with E-state index in [1.807, 2.05) is 19.2 Å². The fraction of sp³-hybridized carbons (Fsp3) is 0.417. The molecule has 1 aliphatic rings. The van der Waals surface area contributed by atoms with Gasteiger partial charge in [0.25, 0.3) is 0 Å². The third kappa shape index (κ3) is 5.37. The Labute approximate surface area is 210 Å². The minimum Gasteiger partial charge on any atom is -0.488 e.